The Hall–Kier alpha value is -0.633. The number of hydrogen-bond donors (Lipinski definition) is 1. The summed E-state index contributed by atoms with van der Waals surface area (Å²) in [6.07, 6.45) is 10.7. The number of hydrogen-bond acceptors (Lipinski definition) is 3. The molecule has 0 bridgehead atoms. The largest absolute Gasteiger partial charge is 0.414 e. The van der Waals surface area contributed by atoms with E-state index in [0.29, 0.717) is 23.4 Å². The first-order chi connectivity index (χ1) is 13.5. The lowest BCUT2D eigenvalue weighted by atomic mass is 9.47. The molecule has 1 N–H and O–H groups in total. The zero-order valence-electron chi connectivity index (χ0n) is 19.4. The average molecular weight is 416 g/mol. The molecule has 4 aliphatic carbocycles. The first kappa shape index (κ1) is 21.6. The molecular formula is C25H41NO2Si. The third-order valence-corrected chi connectivity index (χ3v) is 10.5. The van der Waals surface area contributed by atoms with Crippen LogP contribution in [0.4, 0.5) is 0 Å². The van der Waals surface area contributed by atoms with Gasteiger partial charge in [-0.3, -0.25) is 0 Å². The zero-order chi connectivity index (χ0) is 21.2. The molecule has 29 heavy (non-hydrogen) atoms. The third-order valence-electron chi connectivity index (χ3n) is 9.43. The maximum Gasteiger partial charge on any atom is 0.184 e. The van der Waals surface area contributed by atoms with E-state index in [0.717, 1.165) is 25.2 Å². The molecule has 4 aliphatic rings. The molecule has 3 unspecified atom stereocenters. The van der Waals surface area contributed by atoms with Gasteiger partial charge in [-0.25, -0.2) is 0 Å². The summed E-state index contributed by atoms with van der Waals surface area (Å²) in [6.45, 7) is 13.9. The van der Waals surface area contributed by atoms with Crippen molar-refractivity contribution in [3.8, 4) is 6.07 Å². The number of allylic oxidation sites excluding steroid dienone is 1. The van der Waals surface area contributed by atoms with Gasteiger partial charge in [0.15, 0.2) is 8.32 Å². The molecule has 0 aromatic carbocycles. The lowest BCUT2D eigenvalue weighted by Crippen LogP contribution is -2.51. The smallest absolute Gasteiger partial charge is 0.184 e. The van der Waals surface area contributed by atoms with E-state index in [1.807, 2.05) is 6.92 Å². The zero-order valence-corrected chi connectivity index (χ0v) is 20.4. The van der Waals surface area contributed by atoms with E-state index in [1.54, 1.807) is 5.57 Å². The summed E-state index contributed by atoms with van der Waals surface area (Å²) < 4.78 is 6.50. The fourth-order valence-electron chi connectivity index (χ4n) is 8.26. The highest BCUT2D eigenvalue weighted by atomic mass is 28.4. The molecule has 3 fully saturated rings. The van der Waals surface area contributed by atoms with E-state index < -0.39 is 8.32 Å². The lowest BCUT2D eigenvalue weighted by Gasteiger charge is -2.58. The second-order valence-corrected chi connectivity index (χ2v) is 16.6. The van der Waals surface area contributed by atoms with Crippen molar-refractivity contribution in [1.29, 1.82) is 5.26 Å². The second kappa shape index (κ2) is 7.21. The summed E-state index contributed by atoms with van der Waals surface area (Å²) in [5.74, 6) is 2.04. The molecule has 3 nitrogen and oxygen atoms in total. The summed E-state index contributed by atoms with van der Waals surface area (Å²) in [7, 11) is -1.50. The molecule has 0 aromatic heterocycles. The second-order valence-electron chi connectivity index (χ2n) is 12.1. The van der Waals surface area contributed by atoms with Crippen molar-refractivity contribution in [2.75, 3.05) is 0 Å². The first-order valence-corrected chi connectivity index (χ1v) is 15.4. The van der Waals surface area contributed by atoms with Crippen LogP contribution in [0.3, 0.4) is 0 Å². The van der Waals surface area contributed by atoms with Crippen molar-refractivity contribution in [1.82, 2.24) is 0 Å². The Balaban J connectivity index is 1.58. The average Bonchev–Trinajstić information content (AvgIpc) is 2.90. The quantitative estimate of drug-likeness (QED) is 0.460. The van der Waals surface area contributed by atoms with Crippen LogP contribution in [0.2, 0.25) is 19.6 Å². The van der Waals surface area contributed by atoms with E-state index in [9.17, 15) is 10.4 Å². The molecule has 4 rings (SSSR count). The highest BCUT2D eigenvalue weighted by molar-refractivity contribution is 6.69. The van der Waals surface area contributed by atoms with Gasteiger partial charge >= 0.3 is 0 Å². The molecular weight excluding hydrogens is 374 g/mol. The molecule has 0 amide bonds. The van der Waals surface area contributed by atoms with E-state index in [-0.39, 0.29) is 23.4 Å². The Labute approximate surface area is 179 Å². The molecule has 162 valence electrons. The van der Waals surface area contributed by atoms with E-state index in [1.165, 1.54) is 25.7 Å². The van der Waals surface area contributed by atoms with Crippen LogP contribution in [0, 0.1) is 51.8 Å². The highest BCUT2D eigenvalue weighted by Gasteiger charge is 2.61. The number of nitriles is 1. The van der Waals surface area contributed by atoms with Crippen molar-refractivity contribution in [2.45, 2.75) is 97.6 Å². The lowest BCUT2D eigenvalue weighted by molar-refractivity contribution is -0.0560. The van der Waals surface area contributed by atoms with Crippen molar-refractivity contribution >= 4 is 8.32 Å². The van der Waals surface area contributed by atoms with E-state index >= 15 is 0 Å². The molecule has 0 spiro atoms. The van der Waals surface area contributed by atoms with E-state index in [4.69, 9.17) is 4.43 Å². The van der Waals surface area contributed by atoms with Gasteiger partial charge in [-0.05, 0) is 100 Å². The van der Waals surface area contributed by atoms with Gasteiger partial charge in [0.25, 0.3) is 0 Å². The predicted molar refractivity (Wildman–Crippen MR) is 120 cm³/mol. The number of nitrogens with zero attached hydrogens (tertiary/aromatic N) is 1. The van der Waals surface area contributed by atoms with Crippen LogP contribution >= 0.6 is 0 Å². The van der Waals surface area contributed by atoms with Gasteiger partial charge in [-0.15, -0.1) is 0 Å². The van der Waals surface area contributed by atoms with Crippen LogP contribution in [0.15, 0.2) is 11.6 Å². The normalized spacial score (nSPS) is 48.0. The fraction of sp³-hybridized carbons (Fsp3) is 0.880. The van der Waals surface area contributed by atoms with Crippen molar-refractivity contribution in [2.24, 2.45) is 40.4 Å². The van der Waals surface area contributed by atoms with Crippen LogP contribution in [-0.4, -0.2) is 25.6 Å². The Bertz CT molecular complexity index is 721. The number of aliphatic hydroxyl groups is 1. The summed E-state index contributed by atoms with van der Waals surface area (Å²) >= 11 is 0. The topological polar surface area (TPSA) is 53.2 Å². The molecule has 0 radical (unpaired) electrons. The monoisotopic (exact) mass is 415 g/mol. The Morgan fingerprint density at radius 1 is 1.21 bits per heavy atom. The molecule has 9 atom stereocenters. The molecule has 4 heteroatoms. The van der Waals surface area contributed by atoms with Crippen LogP contribution in [-0.2, 0) is 4.43 Å². The number of rotatable bonds is 3. The van der Waals surface area contributed by atoms with Gasteiger partial charge in [0, 0.05) is 17.9 Å². The maximum atomic E-state index is 10.9. The van der Waals surface area contributed by atoms with E-state index in [2.05, 4.69) is 45.6 Å². The van der Waals surface area contributed by atoms with Gasteiger partial charge in [0.2, 0.25) is 0 Å². The predicted octanol–water partition coefficient (Wildman–Crippen LogP) is 5.92. The van der Waals surface area contributed by atoms with Crippen LogP contribution in [0.1, 0.15) is 65.7 Å². The number of fused-ring (bicyclic) bond motifs is 5. The highest BCUT2D eigenvalue weighted by Crippen LogP contribution is 2.67. The van der Waals surface area contributed by atoms with Crippen LogP contribution in [0.25, 0.3) is 0 Å². The van der Waals surface area contributed by atoms with Gasteiger partial charge < -0.3 is 9.53 Å². The van der Waals surface area contributed by atoms with Gasteiger partial charge in [0.05, 0.1) is 12.2 Å². The van der Waals surface area contributed by atoms with Gasteiger partial charge in [0.1, 0.15) is 0 Å². The molecule has 0 saturated heterocycles. The molecule has 0 heterocycles. The number of aliphatic hydroxyl groups excluding tert-OH is 1. The van der Waals surface area contributed by atoms with Gasteiger partial charge in [-0.1, -0.05) is 25.5 Å². The third kappa shape index (κ3) is 3.46. The summed E-state index contributed by atoms with van der Waals surface area (Å²) in [5, 5.41) is 20.5. The van der Waals surface area contributed by atoms with Crippen molar-refractivity contribution in [3.63, 3.8) is 0 Å². The van der Waals surface area contributed by atoms with Crippen molar-refractivity contribution in [3.05, 3.63) is 11.6 Å². The SMILES string of the molecule is C[C@H](C#N)[C@H]1[C@@H](O)CC2C3CC=C4C[C@@H](O[Si](C)(C)C)CC[C@]4(C)C3CC[C@@]21C. The minimum absolute atomic E-state index is 0.0593. The van der Waals surface area contributed by atoms with Crippen molar-refractivity contribution < 1.29 is 9.53 Å². The summed E-state index contributed by atoms with van der Waals surface area (Å²) in [4.78, 5) is 0. The Morgan fingerprint density at radius 2 is 1.93 bits per heavy atom. The first-order valence-electron chi connectivity index (χ1n) is 11.9. The minimum atomic E-state index is -1.50. The summed E-state index contributed by atoms with van der Waals surface area (Å²) in [5.41, 5.74) is 2.10. The fourth-order valence-corrected chi connectivity index (χ4v) is 9.47. The Kier molecular flexibility index (Phi) is 5.37. The Morgan fingerprint density at radius 3 is 2.59 bits per heavy atom. The van der Waals surface area contributed by atoms with Gasteiger partial charge in [-0.2, -0.15) is 5.26 Å². The standard InChI is InChI=1S/C25H41NO2Si/c1-16(15-26)23-22(27)14-21-19-8-7-17-13-18(28-29(4,5)6)9-11-24(17,2)20(19)10-12-25(21,23)3/h7,16,18-23,27H,8-14H2,1-6H3/t16-,18+,19?,20?,21?,22+,23+,24+,25+/m1/s1. The minimum Gasteiger partial charge on any atom is -0.414 e. The summed E-state index contributed by atoms with van der Waals surface area (Å²) in [6, 6.07) is 2.46. The molecule has 0 aliphatic heterocycles. The molecule has 0 aromatic rings. The molecule has 3 saturated carbocycles. The van der Waals surface area contributed by atoms with Crippen LogP contribution < -0.4 is 0 Å². The maximum absolute atomic E-state index is 10.9. The van der Waals surface area contributed by atoms with Crippen LogP contribution in [0.5, 0.6) is 0 Å².